The lowest BCUT2D eigenvalue weighted by molar-refractivity contribution is -0.106. The normalized spacial score (nSPS) is 17.2. The summed E-state index contributed by atoms with van der Waals surface area (Å²) in [6.07, 6.45) is 7.26. The third kappa shape index (κ3) is 5.68. The molecule has 0 bridgehead atoms. The van der Waals surface area contributed by atoms with Crippen molar-refractivity contribution in [3.05, 3.63) is 36.0 Å². The van der Waals surface area contributed by atoms with Gasteiger partial charge in [-0.25, -0.2) is 9.97 Å². The molecule has 168 valence electrons. The molecule has 2 aromatic rings. The standard InChI is InChI=1S/C22H30N4OS.CH3NO/c1-3-11-23-18-7-5-17(6-8-18)21-24-19(22(28-2)9-4-10-22)16-20(25-21)26-12-14-27-15-13-26;2-1-3/h5-8,16,23H,3-4,9-15H2,1-2H3;1H,(H2,2,3). The number of thioether (sulfide) groups is 1. The first-order valence-corrected chi connectivity index (χ1v) is 12.2. The van der Waals surface area contributed by atoms with Crippen molar-refractivity contribution in [1.29, 1.82) is 0 Å². The molecule has 1 amide bonds. The van der Waals surface area contributed by atoms with E-state index in [1.165, 1.54) is 25.0 Å². The van der Waals surface area contributed by atoms with Gasteiger partial charge in [0.15, 0.2) is 5.82 Å². The van der Waals surface area contributed by atoms with Crippen LogP contribution in [0.2, 0.25) is 0 Å². The Bertz CT molecular complexity index is 831. The van der Waals surface area contributed by atoms with Crippen molar-refractivity contribution in [1.82, 2.24) is 9.97 Å². The molecule has 31 heavy (non-hydrogen) atoms. The van der Waals surface area contributed by atoms with Crippen LogP contribution in [0.4, 0.5) is 11.5 Å². The molecule has 0 atom stereocenters. The van der Waals surface area contributed by atoms with Crippen molar-refractivity contribution in [2.45, 2.75) is 37.4 Å². The molecular weight excluding hydrogens is 410 g/mol. The lowest BCUT2D eigenvalue weighted by atomic mass is 9.81. The summed E-state index contributed by atoms with van der Waals surface area (Å²) in [6, 6.07) is 10.7. The summed E-state index contributed by atoms with van der Waals surface area (Å²) in [5, 5.41) is 3.43. The molecule has 1 aliphatic carbocycles. The van der Waals surface area contributed by atoms with Gasteiger partial charge in [0.25, 0.3) is 0 Å². The van der Waals surface area contributed by atoms with Gasteiger partial charge in [-0.1, -0.05) is 6.92 Å². The van der Waals surface area contributed by atoms with Crippen LogP contribution in [0, 0.1) is 0 Å². The predicted octanol–water partition coefficient (Wildman–Crippen LogP) is 3.65. The molecule has 2 fully saturated rings. The Kier molecular flexibility index (Phi) is 8.54. The van der Waals surface area contributed by atoms with Crippen LogP contribution in [0.3, 0.4) is 0 Å². The molecule has 7 nitrogen and oxygen atoms in total. The molecule has 1 saturated carbocycles. The van der Waals surface area contributed by atoms with Crippen molar-refractivity contribution in [3.8, 4) is 11.4 Å². The van der Waals surface area contributed by atoms with Gasteiger partial charge in [-0.3, -0.25) is 4.79 Å². The summed E-state index contributed by atoms with van der Waals surface area (Å²) < 4.78 is 5.69. The monoisotopic (exact) mass is 443 g/mol. The molecule has 1 aromatic carbocycles. The largest absolute Gasteiger partial charge is 0.385 e. The fraction of sp³-hybridized carbons (Fsp3) is 0.522. The molecule has 2 aliphatic rings. The second-order valence-electron chi connectivity index (χ2n) is 7.73. The van der Waals surface area contributed by atoms with E-state index < -0.39 is 0 Å². The minimum Gasteiger partial charge on any atom is -0.385 e. The first-order valence-electron chi connectivity index (χ1n) is 10.9. The molecule has 0 unspecified atom stereocenters. The number of nitrogens with two attached hydrogens (primary N) is 1. The number of hydrogen-bond acceptors (Lipinski definition) is 7. The number of carbonyl (C=O) groups is 1. The number of anilines is 2. The van der Waals surface area contributed by atoms with E-state index in [2.05, 4.69) is 59.5 Å². The lowest BCUT2D eigenvalue weighted by Gasteiger charge is -2.40. The Hall–Kier alpha value is -2.32. The van der Waals surface area contributed by atoms with Gasteiger partial charge < -0.3 is 20.7 Å². The quantitative estimate of drug-likeness (QED) is 0.631. The Morgan fingerprint density at radius 1 is 1.23 bits per heavy atom. The molecule has 1 saturated heterocycles. The zero-order chi connectivity index (χ0) is 22.1. The summed E-state index contributed by atoms with van der Waals surface area (Å²) in [6.45, 7) is 6.48. The third-order valence-electron chi connectivity index (χ3n) is 5.79. The predicted molar refractivity (Wildman–Crippen MR) is 129 cm³/mol. The second-order valence-corrected chi connectivity index (χ2v) is 8.92. The maximum Gasteiger partial charge on any atom is 0.204 e. The summed E-state index contributed by atoms with van der Waals surface area (Å²) >= 11 is 1.94. The number of amides is 1. The van der Waals surface area contributed by atoms with Gasteiger partial charge in [-0.05, 0) is 56.2 Å². The minimum atomic E-state index is 0.154. The van der Waals surface area contributed by atoms with Gasteiger partial charge in [0.1, 0.15) is 5.82 Å². The fourth-order valence-electron chi connectivity index (χ4n) is 3.82. The van der Waals surface area contributed by atoms with Crippen LogP contribution in [0.5, 0.6) is 0 Å². The van der Waals surface area contributed by atoms with E-state index in [-0.39, 0.29) is 11.2 Å². The number of nitrogens with zero attached hydrogens (tertiary/aromatic N) is 3. The lowest BCUT2D eigenvalue weighted by Crippen LogP contribution is -2.38. The van der Waals surface area contributed by atoms with E-state index in [4.69, 9.17) is 19.5 Å². The molecule has 0 spiro atoms. The Labute approximate surface area is 189 Å². The van der Waals surface area contributed by atoms with E-state index in [0.29, 0.717) is 0 Å². The van der Waals surface area contributed by atoms with E-state index >= 15 is 0 Å². The van der Waals surface area contributed by atoms with Gasteiger partial charge in [-0.15, -0.1) is 0 Å². The highest BCUT2D eigenvalue weighted by Gasteiger charge is 2.40. The van der Waals surface area contributed by atoms with Gasteiger partial charge >= 0.3 is 0 Å². The van der Waals surface area contributed by atoms with Crippen molar-refractivity contribution in [2.24, 2.45) is 5.73 Å². The first kappa shape index (κ1) is 23.3. The Morgan fingerprint density at radius 2 is 1.90 bits per heavy atom. The second kappa shape index (κ2) is 11.3. The molecule has 3 N–H and O–H groups in total. The highest BCUT2D eigenvalue weighted by atomic mass is 32.2. The van der Waals surface area contributed by atoms with Crippen molar-refractivity contribution < 1.29 is 9.53 Å². The molecule has 8 heteroatoms. The topological polar surface area (TPSA) is 93.4 Å². The van der Waals surface area contributed by atoms with Crippen LogP contribution in [0.25, 0.3) is 11.4 Å². The van der Waals surface area contributed by atoms with Crippen LogP contribution in [0.15, 0.2) is 30.3 Å². The van der Waals surface area contributed by atoms with Gasteiger partial charge in [0, 0.05) is 37.0 Å². The number of hydrogen-bond donors (Lipinski definition) is 2. The molecule has 2 heterocycles. The zero-order valence-electron chi connectivity index (χ0n) is 18.5. The average Bonchev–Trinajstić information content (AvgIpc) is 2.79. The minimum absolute atomic E-state index is 0.154. The van der Waals surface area contributed by atoms with Crippen LogP contribution >= 0.6 is 11.8 Å². The van der Waals surface area contributed by atoms with Gasteiger partial charge in [-0.2, -0.15) is 11.8 Å². The number of rotatable bonds is 7. The summed E-state index contributed by atoms with van der Waals surface area (Å²) in [7, 11) is 0. The first-order chi connectivity index (χ1) is 15.2. The number of carbonyl (C=O) groups excluding carboxylic acids is 1. The van der Waals surface area contributed by atoms with Crippen LogP contribution in [-0.4, -0.2) is 55.5 Å². The summed E-state index contributed by atoms with van der Waals surface area (Å²) in [5.41, 5.74) is 7.58. The summed E-state index contributed by atoms with van der Waals surface area (Å²) in [5.74, 6) is 1.87. The van der Waals surface area contributed by atoms with E-state index in [9.17, 15) is 0 Å². The van der Waals surface area contributed by atoms with Crippen LogP contribution in [-0.2, 0) is 14.3 Å². The van der Waals surface area contributed by atoms with Crippen LogP contribution in [0.1, 0.15) is 38.3 Å². The number of benzene rings is 1. The number of primary amides is 1. The molecular formula is C23H33N5O2S. The SMILES string of the molecule is CCCNc1ccc(-c2nc(N3CCOCC3)cc(C3(SC)CCC3)n2)cc1.NC=O. The third-order valence-corrected chi connectivity index (χ3v) is 7.19. The number of nitrogens with one attached hydrogen (secondary N) is 1. The van der Waals surface area contributed by atoms with E-state index in [0.717, 1.165) is 62.2 Å². The van der Waals surface area contributed by atoms with E-state index in [1.807, 2.05) is 11.8 Å². The molecule has 4 rings (SSSR count). The van der Waals surface area contributed by atoms with E-state index in [1.54, 1.807) is 0 Å². The highest BCUT2D eigenvalue weighted by molar-refractivity contribution is 7.99. The maximum absolute atomic E-state index is 8.58. The average molecular weight is 444 g/mol. The van der Waals surface area contributed by atoms with Crippen molar-refractivity contribution >= 4 is 29.7 Å². The maximum atomic E-state index is 8.58. The molecule has 0 radical (unpaired) electrons. The highest BCUT2D eigenvalue weighted by Crippen LogP contribution is 2.51. The fourth-order valence-corrected chi connectivity index (χ4v) is 4.83. The zero-order valence-corrected chi connectivity index (χ0v) is 19.3. The summed E-state index contributed by atoms with van der Waals surface area (Å²) in [4.78, 5) is 20.9. The van der Waals surface area contributed by atoms with Crippen molar-refractivity contribution in [2.75, 3.05) is 49.3 Å². The van der Waals surface area contributed by atoms with Crippen molar-refractivity contribution in [3.63, 3.8) is 0 Å². The Morgan fingerprint density at radius 3 is 2.45 bits per heavy atom. The molecule has 1 aliphatic heterocycles. The number of ether oxygens (including phenoxy) is 1. The Balaban J connectivity index is 0.000000858. The van der Waals surface area contributed by atoms with Gasteiger partial charge in [0.05, 0.1) is 23.7 Å². The number of aromatic nitrogens is 2. The van der Waals surface area contributed by atoms with Gasteiger partial charge in [0.2, 0.25) is 6.41 Å². The smallest absolute Gasteiger partial charge is 0.204 e. The van der Waals surface area contributed by atoms with Crippen LogP contribution < -0.4 is 16.0 Å². The number of morpholine rings is 1. The molecule has 1 aromatic heterocycles.